The van der Waals surface area contributed by atoms with E-state index in [1.54, 1.807) is 0 Å². The number of aromatic nitrogens is 4. The lowest BCUT2D eigenvalue weighted by molar-refractivity contribution is 1.07. The van der Waals surface area contributed by atoms with Crippen LogP contribution in [0.15, 0.2) is 42.6 Å². The van der Waals surface area contributed by atoms with Gasteiger partial charge in [0.2, 0.25) is 5.13 Å². The molecule has 4 rings (SSSR count). The van der Waals surface area contributed by atoms with Gasteiger partial charge in [-0.25, -0.2) is 4.98 Å². The summed E-state index contributed by atoms with van der Waals surface area (Å²) in [5.74, 6) is 1.63. The van der Waals surface area contributed by atoms with E-state index < -0.39 is 0 Å². The van der Waals surface area contributed by atoms with Crippen LogP contribution in [0.25, 0.3) is 17.0 Å². The summed E-state index contributed by atoms with van der Waals surface area (Å²) in [5.41, 5.74) is 4.05. The largest absolute Gasteiger partial charge is 0.315 e. The molecule has 0 saturated heterocycles. The molecular formula is C18H16ClN5S. The molecule has 126 valence electrons. The molecule has 0 spiro atoms. The number of anilines is 2. The smallest absolute Gasteiger partial charge is 0.208 e. The molecule has 5 nitrogen and oxygen atoms in total. The van der Waals surface area contributed by atoms with Crippen molar-refractivity contribution in [1.82, 2.24) is 18.7 Å². The van der Waals surface area contributed by atoms with Gasteiger partial charge in [-0.3, -0.25) is 4.40 Å². The maximum atomic E-state index is 5.94. The molecule has 0 amide bonds. The molecule has 0 radical (unpaired) electrons. The van der Waals surface area contributed by atoms with E-state index in [4.69, 9.17) is 11.6 Å². The van der Waals surface area contributed by atoms with Crippen LogP contribution >= 0.6 is 23.1 Å². The van der Waals surface area contributed by atoms with Crippen molar-refractivity contribution in [3.63, 3.8) is 0 Å². The lowest BCUT2D eigenvalue weighted by Gasteiger charge is -2.05. The summed E-state index contributed by atoms with van der Waals surface area (Å²) in [6.07, 6.45) is 2.91. The third kappa shape index (κ3) is 3.10. The number of pyridine rings is 1. The highest BCUT2D eigenvalue weighted by molar-refractivity contribution is 7.09. The van der Waals surface area contributed by atoms with Crippen LogP contribution in [0.4, 0.5) is 10.9 Å². The Balaban J connectivity index is 1.70. The van der Waals surface area contributed by atoms with Gasteiger partial charge in [-0.1, -0.05) is 24.6 Å². The minimum atomic E-state index is 0.687. The van der Waals surface area contributed by atoms with E-state index in [0.29, 0.717) is 10.8 Å². The molecule has 3 aromatic heterocycles. The number of fused-ring (bicyclic) bond motifs is 1. The van der Waals surface area contributed by atoms with Crippen LogP contribution < -0.4 is 5.32 Å². The van der Waals surface area contributed by atoms with Gasteiger partial charge in [-0.15, -0.1) is 0 Å². The topological polar surface area (TPSA) is 55.1 Å². The van der Waals surface area contributed by atoms with E-state index in [-0.39, 0.29) is 0 Å². The van der Waals surface area contributed by atoms with Crippen molar-refractivity contribution in [3.05, 3.63) is 58.9 Å². The Morgan fingerprint density at radius 1 is 1.12 bits per heavy atom. The van der Waals surface area contributed by atoms with Crippen LogP contribution in [0.5, 0.6) is 0 Å². The molecular weight excluding hydrogens is 354 g/mol. The fourth-order valence-electron chi connectivity index (χ4n) is 2.67. The van der Waals surface area contributed by atoms with E-state index in [9.17, 15) is 0 Å². The maximum Gasteiger partial charge on any atom is 0.208 e. The van der Waals surface area contributed by atoms with Crippen LogP contribution in [0.2, 0.25) is 5.02 Å². The van der Waals surface area contributed by atoms with Gasteiger partial charge in [0.15, 0.2) is 5.82 Å². The zero-order valence-electron chi connectivity index (χ0n) is 13.8. The molecule has 0 fully saturated rings. The Labute approximate surface area is 154 Å². The van der Waals surface area contributed by atoms with Gasteiger partial charge < -0.3 is 5.32 Å². The number of hydrogen-bond donors (Lipinski definition) is 1. The second-order valence-corrected chi connectivity index (χ2v) is 6.94. The first-order valence-corrected chi connectivity index (χ1v) is 9.13. The molecule has 0 unspecified atom stereocenters. The summed E-state index contributed by atoms with van der Waals surface area (Å²) in [6.45, 7) is 4.16. The molecule has 3 heterocycles. The summed E-state index contributed by atoms with van der Waals surface area (Å²) in [7, 11) is 0. The molecule has 0 atom stereocenters. The average molecular weight is 370 g/mol. The van der Waals surface area contributed by atoms with Crippen molar-refractivity contribution in [1.29, 1.82) is 0 Å². The second-order valence-electron chi connectivity index (χ2n) is 5.75. The monoisotopic (exact) mass is 369 g/mol. The van der Waals surface area contributed by atoms with Gasteiger partial charge in [0, 0.05) is 28.3 Å². The highest BCUT2D eigenvalue weighted by Crippen LogP contribution is 2.27. The Kier molecular flexibility index (Phi) is 4.15. The third-order valence-electron chi connectivity index (χ3n) is 3.93. The minimum absolute atomic E-state index is 0.687. The summed E-state index contributed by atoms with van der Waals surface area (Å²) < 4.78 is 6.51. The first-order valence-electron chi connectivity index (χ1n) is 7.98. The van der Waals surface area contributed by atoms with Gasteiger partial charge in [-0.05, 0) is 49.2 Å². The van der Waals surface area contributed by atoms with Crippen LogP contribution in [0.3, 0.4) is 0 Å². The first-order chi connectivity index (χ1) is 12.1. The fourth-order valence-corrected chi connectivity index (χ4v) is 3.38. The number of rotatable bonds is 4. The van der Waals surface area contributed by atoms with Crippen LogP contribution in [-0.4, -0.2) is 18.7 Å². The van der Waals surface area contributed by atoms with E-state index >= 15 is 0 Å². The highest BCUT2D eigenvalue weighted by atomic mass is 35.5. The molecule has 25 heavy (non-hydrogen) atoms. The molecule has 0 saturated carbocycles. The van der Waals surface area contributed by atoms with Gasteiger partial charge in [-0.2, -0.15) is 9.36 Å². The van der Waals surface area contributed by atoms with Crippen molar-refractivity contribution in [2.45, 2.75) is 20.3 Å². The molecule has 0 aliphatic carbocycles. The SMILES string of the molecule is CCc1nc2ccc(C)cn2c1Nc1nc(-c2ccc(Cl)cc2)ns1. The molecule has 0 bridgehead atoms. The van der Waals surface area contributed by atoms with Gasteiger partial charge in [0.05, 0.1) is 5.69 Å². The van der Waals surface area contributed by atoms with E-state index in [1.165, 1.54) is 17.1 Å². The Bertz CT molecular complexity index is 1040. The number of benzene rings is 1. The Morgan fingerprint density at radius 2 is 1.92 bits per heavy atom. The molecule has 0 aliphatic rings. The zero-order chi connectivity index (χ0) is 17.4. The van der Waals surface area contributed by atoms with Crippen molar-refractivity contribution in [3.8, 4) is 11.4 Å². The molecule has 1 N–H and O–H groups in total. The number of halogens is 1. The predicted molar refractivity (Wildman–Crippen MR) is 103 cm³/mol. The summed E-state index contributed by atoms with van der Waals surface area (Å²) >= 11 is 7.27. The quantitative estimate of drug-likeness (QED) is 0.542. The standard InChI is InChI=1S/C18H16ClN5S/c1-3-14-17(24-10-11(2)4-9-15(24)20-14)22-18-21-16(23-25-18)12-5-7-13(19)8-6-12/h4-10H,3H2,1-2H3,(H,21,22,23). The van der Waals surface area contributed by atoms with Crippen molar-refractivity contribution in [2.24, 2.45) is 0 Å². The highest BCUT2D eigenvalue weighted by Gasteiger charge is 2.14. The van der Waals surface area contributed by atoms with E-state index in [0.717, 1.165) is 34.3 Å². The number of nitrogens with zero attached hydrogens (tertiary/aromatic N) is 4. The molecule has 4 aromatic rings. The molecule has 0 aliphatic heterocycles. The Morgan fingerprint density at radius 3 is 2.68 bits per heavy atom. The van der Waals surface area contributed by atoms with E-state index in [2.05, 4.69) is 50.2 Å². The summed E-state index contributed by atoms with van der Waals surface area (Å²) in [4.78, 5) is 9.29. The average Bonchev–Trinajstić information content (AvgIpc) is 3.21. The van der Waals surface area contributed by atoms with Crippen molar-refractivity contribution < 1.29 is 0 Å². The van der Waals surface area contributed by atoms with Gasteiger partial charge in [0.25, 0.3) is 0 Å². The fraction of sp³-hybridized carbons (Fsp3) is 0.167. The Hall–Kier alpha value is -2.44. The van der Waals surface area contributed by atoms with Gasteiger partial charge >= 0.3 is 0 Å². The number of nitrogens with one attached hydrogen (secondary N) is 1. The number of hydrogen-bond acceptors (Lipinski definition) is 5. The minimum Gasteiger partial charge on any atom is -0.315 e. The number of aryl methyl sites for hydroxylation is 2. The predicted octanol–water partition coefficient (Wildman–Crippen LogP) is 5.12. The second kappa shape index (κ2) is 6.46. The van der Waals surface area contributed by atoms with Crippen LogP contribution in [-0.2, 0) is 6.42 Å². The number of imidazole rings is 1. The zero-order valence-corrected chi connectivity index (χ0v) is 15.4. The summed E-state index contributed by atoms with van der Waals surface area (Å²) in [5, 5.41) is 4.83. The summed E-state index contributed by atoms with van der Waals surface area (Å²) in [6, 6.07) is 11.6. The van der Waals surface area contributed by atoms with E-state index in [1.807, 2.05) is 30.3 Å². The molecule has 7 heteroatoms. The molecule has 1 aromatic carbocycles. The van der Waals surface area contributed by atoms with Crippen LogP contribution in [0, 0.1) is 6.92 Å². The maximum absolute atomic E-state index is 5.94. The lowest BCUT2D eigenvalue weighted by atomic mass is 10.2. The lowest BCUT2D eigenvalue weighted by Crippen LogP contribution is -1.98. The first kappa shape index (κ1) is 16.1. The van der Waals surface area contributed by atoms with Gasteiger partial charge in [0.1, 0.15) is 11.5 Å². The van der Waals surface area contributed by atoms with Crippen molar-refractivity contribution >= 4 is 39.7 Å². The third-order valence-corrected chi connectivity index (χ3v) is 4.81. The van der Waals surface area contributed by atoms with Crippen molar-refractivity contribution in [2.75, 3.05) is 5.32 Å². The normalized spacial score (nSPS) is 11.2. The van der Waals surface area contributed by atoms with Crippen LogP contribution in [0.1, 0.15) is 18.2 Å².